The molecule has 0 saturated heterocycles. The minimum Gasteiger partial charge on any atom is -0.451 e. The zero-order valence-electron chi connectivity index (χ0n) is 5.44. The number of amides is 1. The number of hydrazine groups is 1. The van der Waals surface area contributed by atoms with Crippen LogP contribution in [-0.2, 0) is 4.74 Å². The van der Waals surface area contributed by atoms with Gasteiger partial charge in [0, 0.05) is 12.4 Å². The largest absolute Gasteiger partial charge is 0.451 e. The summed E-state index contributed by atoms with van der Waals surface area (Å²) in [5.41, 5.74) is 2.60. The third-order valence-electron chi connectivity index (χ3n) is 0.928. The molecule has 0 saturated carbocycles. The molecule has 0 unspecified atom stereocenters. The van der Waals surface area contributed by atoms with E-state index >= 15 is 0 Å². The van der Waals surface area contributed by atoms with Crippen molar-refractivity contribution < 1.29 is 9.53 Å². The Morgan fingerprint density at radius 2 is 2.60 bits per heavy atom. The molecule has 54 valence electrons. The number of hydrogen-bond acceptors (Lipinski definition) is 4. The second-order valence-electron chi connectivity index (χ2n) is 1.55. The third-order valence-corrected chi connectivity index (χ3v) is 0.928. The van der Waals surface area contributed by atoms with Crippen LogP contribution >= 0.6 is 0 Å². The second kappa shape index (κ2) is 2.86. The van der Waals surface area contributed by atoms with E-state index in [0.717, 1.165) is 5.01 Å². The van der Waals surface area contributed by atoms with Crippen molar-refractivity contribution in [2.75, 3.05) is 7.11 Å². The molecular weight excluding hydrogens is 134 g/mol. The van der Waals surface area contributed by atoms with Gasteiger partial charge >= 0.3 is 6.09 Å². The Kier molecular flexibility index (Phi) is 1.89. The molecule has 0 aromatic rings. The maximum absolute atomic E-state index is 10.7. The van der Waals surface area contributed by atoms with E-state index in [4.69, 9.17) is 0 Å². The lowest BCUT2D eigenvalue weighted by Crippen LogP contribution is -2.39. The van der Waals surface area contributed by atoms with Crippen LogP contribution in [0.4, 0.5) is 4.79 Å². The molecule has 1 heterocycles. The Balaban J connectivity index is 2.51. The molecule has 0 atom stereocenters. The van der Waals surface area contributed by atoms with Gasteiger partial charge in [0.15, 0.2) is 0 Å². The van der Waals surface area contributed by atoms with Gasteiger partial charge in [-0.1, -0.05) is 0 Å². The number of carbonyl (C=O) groups is 1. The monoisotopic (exact) mass is 141 g/mol. The normalized spacial score (nSPS) is 14.7. The van der Waals surface area contributed by atoms with E-state index < -0.39 is 6.09 Å². The van der Waals surface area contributed by atoms with Crippen LogP contribution in [0.25, 0.3) is 0 Å². The minimum atomic E-state index is -0.492. The molecule has 1 N–H and O–H groups in total. The molecule has 0 fully saturated rings. The third kappa shape index (κ3) is 1.25. The average Bonchev–Trinajstić information content (AvgIpc) is 2.05. The standard InChI is InChI=1S/C5H7N3O2/c1-10-5(9)8-4-6-2-3-7-8/h2-4,7H,1H3. The van der Waals surface area contributed by atoms with E-state index in [1.165, 1.54) is 25.8 Å². The summed E-state index contributed by atoms with van der Waals surface area (Å²) in [7, 11) is 1.30. The second-order valence-corrected chi connectivity index (χ2v) is 1.55. The fourth-order valence-electron chi connectivity index (χ4n) is 0.493. The lowest BCUT2D eigenvalue weighted by atomic mass is 10.8. The van der Waals surface area contributed by atoms with Gasteiger partial charge in [-0.05, 0) is 0 Å². The molecular formula is C5H7N3O2. The summed E-state index contributed by atoms with van der Waals surface area (Å²) < 4.78 is 4.39. The molecule has 0 aromatic carbocycles. The van der Waals surface area contributed by atoms with Crippen LogP contribution in [0.1, 0.15) is 0 Å². The van der Waals surface area contributed by atoms with Gasteiger partial charge < -0.3 is 4.74 Å². The van der Waals surface area contributed by atoms with Crippen molar-refractivity contribution in [3.05, 3.63) is 12.4 Å². The first-order valence-electron chi connectivity index (χ1n) is 2.66. The van der Waals surface area contributed by atoms with E-state index in [1.54, 1.807) is 0 Å². The van der Waals surface area contributed by atoms with Crippen molar-refractivity contribution in [3.63, 3.8) is 0 Å². The summed E-state index contributed by atoms with van der Waals surface area (Å²) in [5.74, 6) is 0. The molecule has 1 aliphatic heterocycles. The van der Waals surface area contributed by atoms with E-state index in [2.05, 4.69) is 15.2 Å². The van der Waals surface area contributed by atoms with E-state index in [-0.39, 0.29) is 0 Å². The molecule has 1 aliphatic rings. The number of ether oxygens (including phenoxy) is 1. The van der Waals surface area contributed by atoms with Crippen LogP contribution in [0.3, 0.4) is 0 Å². The Bertz CT molecular complexity index is 187. The Morgan fingerprint density at radius 3 is 3.10 bits per heavy atom. The van der Waals surface area contributed by atoms with Gasteiger partial charge in [0.2, 0.25) is 0 Å². The van der Waals surface area contributed by atoms with Crippen LogP contribution in [0.15, 0.2) is 17.4 Å². The van der Waals surface area contributed by atoms with Crippen molar-refractivity contribution in [2.45, 2.75) is 0 Å². The molecule has 1 amide bonds. The first-order valence-corrected chi connectivity index (χ1v) is 2.66. The first-order chi connectivity index (χ1) is 4.84. The summed E-state index contributed by atoms with van der Waals surface area (Å²) in [6, 6.07) is 0. The van der Waals surface area contributed by atoms with E-state index in [9.17, 15) is 4.79 Å². The summed E-state index contributed by atoms with van der Waals surface area (Å²) >= 11 is 0. The number of carbonyl (C=O) groups excluding carboxylic acids is 1. The lowest BCUT2D eigenvalue weighted by Gasteiger charge is -2.16. The molecule has 0 aliphatic carbocycles. The lowest BCUT2D eigenvalue weighted by molar-refractivity contribution is 0.138. The molecule has 5 nitrogen and oxygen atoms in total. The molecule has 10 heavy (non-hydrogen) atoms. The van der Waals surface area contributed by atoms with E-state index in [1.807, 2.05) is 0 Å². The number of rotatable bonds is 0. The highest BCUT2D eigenvalue weighted by Crippen LogP contribution is 1.89. The predicted molar refractivity (Wildman–Crippen MR) is 35.0 cm³/mol. The van der Waals surface area contributed by atoms with Gasteiger partial charge in [-0.3, -0.25) is 5.43 Å². The fraction of sp³-hybridized carbons (Fsp3) is 0.200. The average molecular weight is 141 g/mol. The van der Waals surface area contributed by atoms with Crippen LogP contribution in [0, 0.1) is 0 Å². The predicted octanol–water partition coefficient (Wildman–Crippen LogP) is 0.0725. The molecule has 1 rings (SSSR count). The van der Waals surface area contributed by atoms with Crippen molar-refractivity contribution in [1.29, 1.82) is 0 Å². The number of aliphatic imine (C=N–C) groups is 1. The van der Waals surface area contributed by atoms with Crippen LogP contribution < -0.4 is 5.43 Å². The zero-order chi connectivity index (χ0) is 7.40. The SMILES string of the molecule is COC(=O)N1C=NC=CN1. The van der Waals surface area contributed by atoms with Crippen molar-refractivity contribution in [1.82, 2.24) is 10.4 Å². The summed E-state index contributed by atoms with van der Waals surface area (Å²) in [6.07, 6.45) is 3.88. The zero-order valence-corrected chi connectivity index (χ0v) is 5.44. The molecule has 0 aromatic heterocycles. The van der Waals surface area contributed by atoms with Gasteiger partial charge in [0.25, 0.3) is 0 Å². The Hall–Kier alpha value is -1.52. The highest BCUT2D eigenvalue weighted by atomic mass is 16.5. The van der Waals surface area contributed by atoms with Gasteiger partial charge in [0.05, 0.1) is 7.11 Å². The fourth-order valence-corrected chi connectivity index (χ4v) is 0.493. The Morgan fingerprint density at radius 1 is 1.80 bits per heavy atom. The smallest absolute Gasteiger partial charge is 0.434 e. The van der Waals surface area contributed by atoms with Crippen molar-refractivity contribution in [2.24, 2.45) is 4.99 Å². The highest BCUT2D eigenvalue weighted by molar-refractivity contribution is 5.82. The highest BCUT2D eigenvalue weighted by Gasteiger charge is 2.09. The molecule has 5 heteroatoms. The first kappa shape index (κ1) is 6.60. The number of nitrogens with zero attached hydrogens (tertiary/aromatic N) is 2. The van der Waals surface area contributed by atoms with Gasteiger partial charge in [-0.15, -0.1) is 0 Å². The molecule has 0 bridgehead atoms. The van der Waals surface area contributed by atoms with Crippen LogP contribution in [0.5, 0.6) is 0 Å². The van der Waals surface area contributed by atoms with Gasteiger partial charge in [0.1, 0.15) is 6.34 Å². The van der Waals surface area contributed by atoms with Gasteiger partial charge in [-0.2, -0.15) is 5.01 Å². The topological polar surface area (TPSA) is 53.9 Å². The number of methoxy groups -OCH3 is 1. The minimum absolute atomic E-state index is 0.492. The molecule has 0 spiro atoms. The summed E-state index contributed by atoms with van der Waals surface area (Å²) in [5, 5.41) is 1.12. The van der Waals surface area contributed by atoms with Gasteiger partial charge in [-0.25, -0.2) is 9.79 Å². The summed E-state index contributed by atoms with van der Waals surface area (Å²) in [4.78, 5) is 14.4. The Labute approximate surface area is 58.0 Å². The van der Waals surface area contributed by atoms with E-state index in [0.29, 0.717) is 0 Å². The maximum atomic E-state index is 10.7. The van der Waals surface area contributed by atoms with Crippen molar-refractivity contribution >= 4 is 12.4 Å². The number of nitrogens with one attached hydrogen (secondary N) is 1. The number of hydrogen-bond donors (Lipinski definition) is 1. The molecule has 0 radical (unpaired) electrons. The van der Waals surface area contributed by atoms with Crippen LogP contribution in [0.2, 0.25) is 0 Å². The maximum Gasteiger partial charge on any atom is 0.434 e. The van der Waals surface area contributed by atoms with Crippen LogP contribution in [-0.4, -0.2) is 24.6 Å². The summed E-state index contributed by atoms with van der Waals surface area (Å²) in [6.45, 7) is 0. The quantitative estimate of drug-likeness (QED) is 0.519. The van der Waals surface area contributed by atoms with Crippen molar-refractivity contribution in [3.8, 4) is 0 Å².